The van der Waals surface area contributed by atoms with Crippen molar-refractivity contribution in [1.82, 2.24) is 14.6 Å². The first-order valence-electron chi connectivity index (χ1n) is 10.8. The van der Waals surface area contributed by atoms with E-state index in [1.807, 2.05) is 48.5 Å². The van der Waals surface area contributed by atoms with Gasteiger partial charge in [-0.2, -0.15) is 9.50 Å². The van der Waals surface area contributed by atoms with Crippen molar-refractivity contribution in [2.75, 3.05) is 18.1 Å². The van der Waals surface area contributed by atoms with Crippen LogP contribution < -0.4 is 19.7 Å². The second-order valence-corrected chi connectivity index (χ2v) is 8.67. The standard InChI is InChI=1S/C25H22N4O3S/c1-3-5-15-32-17-12-10-16(11-13-17)22-26-25-29(27-22)24(31)21(33-25)20-18-8-6-7-9-19(18)28(14-4-2)23(20)30/h4,6-13H,2-3,5,14-15H2,1H3. The summed E-state index contributed by atoms with van der Waals surface area (Å²) in [5, 5.41) is 4.42. The molecular weight excluding hydrogens is 436 g/mol. The number of benzene rings is 2. The fourth-order valence-electron chi connectivity index (χ4n) is 3.85. The molecular formula is C25H22N4O3S. The third-order valence-electron chi connectivity index (χ3n) is 5.50. The zero-order valence-electron chi connectivity index (χ0n) is 18.2. The van der Waals surface area contributed by atoms with Crippen molar-refractivity contribution in [1.29, 1.82) is 0 Å². The van der Waals surface area contributed by atoms with Crippen LogP contribution in [0.3, 0.4) is 0 Å². The minimum absolute atomic E-state index is 0.211. The van der Waals surface area contributed by atoms with Gasteiger partial charge in [-0.15, -0.1) is 11.7 Å². The van der Waals surface area contributed by atoms with E-state index in [1.165, 1.54) is 15.9 Å². The molecule has 1 amide bonds. The fraction of sp³-hybridized carbons (Fsp3) is 0.200. The molecule has 0 bridgehead atoms. The Morgan fingerprint density at radius 1 is 1.12 bits per heavy atom. The van der Waals surface area contributed by atoms with E-state index in [9.17, 15) is 9.59 Å². The number of ether oxygens (including phenoxy) is 1. The van der Waals surface area contributed by atoms with Gasteiger partial charge >= 0.3 is 0 Å². The number of carbonyl (C=O) groups excluding carboxylic acids is 1. The minimum atomic E-state index is -0.341. The first-order valence-corrected chi connectivity index (χ1v) is 11.6. The maximum atomic E-state index is 13.2. The van der Waals surface area contributed by atoms with Crippen molar-refractivity contribution in [3.63, 3.8) is 0 Å². The van der Waals surface area contributed by atoms with Crippen LogP contribution in [0.4, 0.5) is 5.69 Å². The molecule has 2 aromatic carbocycles. The molecule has 0 fully saturated rings. The predicted molar refractivity (Wildman–Crippen MR) is 130 cm³/mol. The molecule has 0 saturated heterocycles. The molecule has 5 rings (SSSR count). The number of amides is 1. The molecule has 1 aliphatic rings. The van der Waals surface area contributed by atoms with E-state index in [4.69, 9.17) is 4.74 Å². The van der Waals surface area contributed by atoms with E-state index >= 15 is 0 Å². The molecule has 7 nitrogen and oxygen atoms in total. The summed E-state index contributed by atoms with van der Waals surface area (Å²) < 4.78 is 7.32. The number of para-hydroxylation sites is 1. The Kier molecular flexibility index (Phi) is 5.51. The predicted octanol–water partition coefficient (Wildman–Crippen LogP) is 3.45. The van der Waals surface area contributed by atoms with Crippen LogP contribution in [0.1, 0.15) is 25.3 Å². The van der Waals surface area contributed by atoms with E-state index in [0.29, 0.717) is 34.0 Å². The third kappa shape index (κ3) is 3.62. The summed E-state index contributed by atoms with van der Waals surface area (Å²) in [6.07, 6.45) is 3.76. The van der Waals surface area contributed by atoms with Crippen molar-refractivity contribution in [3.8, 4) is 17.1 Å². The van der Waals surface area contributed by atoms with E-state index < -0.39 is 0 Å². The number of unbranched alkanes of at least 4 members (excludes halogenated alkanes) is 1. The lowest BCUT2D eigenvalue weighted by Crippen LogP contribution is -2.32. The average Bonchev–Trinajstić information content (AvgIpc) is 3.46. The zero-order chi connectivity index (χ0) is 22.9. The number of hydrogen-bond donors (Lipinski definition) is 0. The molecule has 0 N–H and O–H groups in total. The molecule has 4 aromatic rings. The Hall–Kier alpha value is -3.78. The Labute approximate surface area is 194 Å². The van der Waals surface area contributed by atoms with Crippen molar-refractivity contribution >= 4 is 33.5 Å². The van der Waals surface area contributed by atoms with Gasteiger partial charge in [0.25, 0.3) is 11.5 Å². The second-order valence-electron chi connectivity index (χ2n) is 7.69. The van der Waals surface area contributed by atoms with Crippen molar-refractivity contribution in [2.24, 2.45) is 0 Å². The molecule has 0 saturated carbocycles. The number of thiazole rings is 1. The molecule has 0 spiro atoms. The fourth-order valence-corrected chi connectivity index (χ4v) is 4.85. The SMILES string of the molecule is C=CCN1C(=O)C(=c2sc3nc(-c4ccc(OCCCC)cc4)nn3c2=O)c2ccccc21. The summed E-state index contributed by atoms with van der Waals surface area (Å²) in [5.41, 5.74) is 2.36. The summed E-state index contributed by atoms with van der Waals surface area (Å²) in [5.74, 6) is 1.04. The third-order valence-corrected chi connectivity index (χ3v) is 6.53. The number of carbonyl (C=O) groups is 1. The summed E-state index contributed by atoms with van der Waals surface area (Å²) in [7, 11) is 0. The topological polar surface area (TPSA) is 76.8 Å². The summed E-state index contributed by atoms with van der Waals surface area (Å²) in [6.45, 7) is 6.92. The number of anilines is 1. The molecule has 0 aliphatic carbocycles. The lowest BCUT2D eigenvalue weighted by atomic mass is 10.1. The lowest BCUT2D eigenvalue weighted by Gasteiger charge is -2.13. The minimum Gasteiger partial charge on any atom is -0.494 e. The van der Waals surface area contributed by atoms with Crippen molar-refractivity contribution in [3.05, 3.63) is 81.6 Å². The highest BCUT2D eigenvalue weighted by Gasteiger charge is 2.33. The van der Waals surface area contributed by atoms with E-state index in [2.05, 4.69) is 23.6 Å². The molecule has 33 heavy (non-hydrogen) atoms. The summed E-state index contributed by atoms with van der Waals surface area (Å²) in [4.78, 5) is 33.0. The van der Waals surface area contributed by atoms with Gasteiger partial charge in [-0.1, -0.05) is 49.0 Å². The quantitative estimate of drug-likeness (QED) is 0.313. The summed E-state index contributed by atoms with van der Waals surface area (Å²) in [6, 6.07) is 15.0. The molecule has 3 heterocycles. The molecule has 0 radical (unpaired) electrons. The highest BCUT2D eigenvalue weighted by atomic mass is 32.1. The van der Waals surface area contributed by atoms with Crippen LogP contribution in [-0.2, 0) is 4.79 Å². The van der Waals surface area contributed by atoms with Crippen molar-refractivity contribution < 1.29 is 9.53 Å². The molecule has 0 atom stereocenters. The lowest BCUT2D eigenvalue weighted by molar-refractivity contribution is -0.112. The van der Waals surface area contributed by atoms with Gasteiger partial charge in [-0.05, 0) is 36.8 Å². The Morgan fingerprint density at radius 3 is 2.64 bits per heavy atom. The molecule has 1 aliphatic heterocycles. The van der Waals surface area contributed by atoms with Gasteiger partial charge in [0.15, 0.2) is 5.82 Å². The molecule has 2 aromatic heterocycles. The maximum Gasteiger partial charge on any atom is 0.291 e. The largest absolute Gasteiger partial charge is 0.494 e. The number of nitrogens with zero attached hydrogens (tertiary/aromatic N) is 4. The van der Waals surface area contributed by atoms with Crippen LogP contribution in [0.2, 0.25) is 0 Å². The summed E-state index contributed by atoms with van der Waals surface area (Å²) >= 11 is 1.18. The molecule has 166 valence electrons. The smallest absolute Gasteiger partial charge is 0.291 e. The van der Waals surface area contributed by atoms with Crippen LogP contribution in [0.15, 0.2) is 66.0 Å². The van der Waals surface area contributed by atoms with Gasteiger partial charge in [-0.25, -0.2) is 0 Å². The van der Waals surface area contributed by atoms with E-state index in [-0.39, 0.29) is 11.5 Å². The second kappa shape index (κ2) is 8.63. The normalized spacial score (nSPS) is 14.7. The Morgan fingerprint density at radius 2 is 1.91 bits per heavy atom. The first kappa shape index (κ1) is 21.1. The van der Waals surface area contributed by atoms with Gasteiger partial charge < -0.3 is 9.64 Å². The molecule has 0 unspecified atom stereocenters. The number of aromatic nitrogens is 3. The van der Waals surface area contributed by atoms with Gasteiger partial charge in [0, 0.05) is 17.7 Å². The van der Waals surface area contributed by atoms with E-state index in [0.717, 1.165) is 35.4 Å². The van der Waals surface area contributed by atoms with Gasteiger partial charge in [0.1, 0.15) is 10.3 Å². The first-order chi connectivity index (χ1) is 16.1. The van der Waals surface area contributed by atoms with Crippen molar-refractivity contribution in [2.45, 2.75) is 19.8 Å². The van der Waals surface area contributed by atoms with Crippen LogP contribution in [-0.4, -0.2) is 33.7 Å². The average molecular weight is 459 g/mol. The highest BCUT2D eigenvalue weighted by Crippen LogP contribution is 2.35. The Bertz CT molecular complexity index is 1470. The maximum absolute atomic E-state index is 13.2. The van der Waals surface area contributed by atoms with Crippen LogP contribution in [0.5, 0.6) is 5.75 Å². The van der Waals surface area contributed by atoms with Gasteiger partial charge in [0.05, 0.1) is 17.9 Å². The van der Waals surface area contributed by atoms with Crippen LogP contribution >= 0.6 is 11.3 Å². The highest BCUT2D eigenvalue weighted by molar-refractivity contribution is 7.15. The zero-order valence-corrected chi connectivity index (χ0v) is 19.0. The number of fused-ring (bicyclic) bond motifs is 2. The molecule has 8 heteroatoms. The Balaban J connectivity index is 1.54. The van der Waals surface area contributed by atoms with Crippen LogP contribution in [0, 0.1) is 0 Å². The number of hydrogen-bond acceptors (Lipinski definition) is 6. The van der Waals surface area contributed by atoms with Gasteiger partial charge in [-0.3, -0.25) is 9.59 Å². The van der Waals surface area contributed by atoms with E-state index in [1.54, 1.807) is 11.0 Å². The number of rotatable bonds is 7. The van der Waals surface area contributed by atoms with Crippen LogP contribution in [0.25, 0.3) is 21.9 Å². The monoisotopic (exact) mass is 458 g/mol. The van der Waals surface area contributed by atoms with Gasteiger partial charge in [0.2, 0.25) is 4.96 Å².